The normalized spacial score (nSPS) is 10.3. The van der Waals surface area contributed by atoms with Gasteiger partial charge in [-0.25, -0.2) is 9.97 Å². The first kappa shape index (κ1) is 6.09. The Morgan fingerprint density at radius 2 is 2.36 bits per heavy atom. The maximum Gasteiger partial charge on any atom is 0.216 e. The summed E-state index contributed by atoms with van der Waals surface area (Å²) in [6.07, 6.45) is 3.40. The summed E-state index contributed by atoms with van der Waals surface area (Å²) >= 11 is 0. The lowest BCUT2D eigenvalue weighted by Gasteiger charge is -1.82. The Morgan fingerprint density at radius 1 is 1.45 bits per heavy atom. The second-order valence-corrected chi connectivity index (χ2v) is 2.18. The highest BCUT2D eigenvalue weighted by molar-refractivity contribution is 5.41. The highest BCUT2D eigenvalue weighted by Crippen LogP contribution is 2.05. The third-order valence-corrected chi connectivity index (χ3v) is 1.31. The first-order chi connectivity index (χ1) is 5.36. The first-order valence-electron chi connectivity index (χ1n) is 3.25. The van der Waals surface area contributed by atoms with Crippen molar-refractivity contribution in [3.05, 3.63) is 18.2 Å². The fourth-order valence-electron chi connectivity index (χ4n) is 0.836. The minimum atomic E-state index is 0.604. The first-order valence-corrected chi connectivity index (χ1v) is 3.25. The van der Waals surface area contributed by atoms with E-state index < -0.39 is 0 Å². The van der Waals surface area contributed by atoms with Gasteiger partial charge in [0.25, 0.3) is 0 Å². The maximum absolute atomic E-state index is 4.09. The molecule has 2 N–H and O–H groups in total. The van der Waals surface area contributed by atoms with Crippen molar-refractivity contribution in [2.75, 3.05) is 0 Å². The molecule has 0 amide bonds. The van der Waals surface area contributed by atoms with Gasteiger partial charge in [0, 0.05) is 12.4 Å². The van der Waals surface area contributed by atoms with Crippen LogP contribution in [0.5, 0.6) is 0 Å². The molecule has 0 aliphatic carbocycles. The molecule has 2 rings (SSSR count). The molecular weight excluding hydrogens is 142 g/mol. The van der Waals surface area contributed by atoms with E-state index in [2.05, 4.69) is 25.1 Å². The minimum absolute atomic E-state index is 0.604. The summed E-state index contributed by atoms with van der Waals surface area (Å²) < 4.78 is 0. The quantitative estimate of drug-likeness (QED) is 0.620. The van der Waals surface area contributed by atoms with Crippen molar-refractivity contribution >= 4 is 0 Å². The Bertz CT molecular complexity index is 333. The van der Waals surface area contributed by atoms with E-state index in [1.165, 1.54) is 0 Å². The lowest BCUT2D eigenvalue weighted by molar-refractivity contribution is 1.03. The van der Waals surface area contributed by atoms with Crippen molar-refractivity contribution in [3.63, 3.8) is 0 Å². The molecule has 2 aromatic rings. The Labute approximate surface area is 62.9 Å². The number of hydrogen-bond donors (Lipinski definition) is 2. The van der Waals surface area contributed by atoms with Gasteiger partial charge >= 0.3 is 0 Å². The summed E-state index contributed by atoms with van der Waals surface area (Å²) in [7, 11) is 0. The van der Waals surface area contributed by atoms with Crippen molar-refractivity contribution in [1.82, 2.24) is 25.1 Å². The molecule has 0 aliphatic rings. The van der Waals surface area contributed by atoms with Crippen molar-refractivity contribution < 1.29 is 0 Å². The number of imidazole rings is 1. The van der Waals surface area contributed by atoms with Crippen LogP contribution in [0.3, 0.4) is 0 Å². The molecule has 0 spiro atoms. The van der Waals surface area contributed by atoms with Crippen LogP contribution in [0.25, 0.3) is 11.6 Å². The van der Waals surface area contributed by atoms with Crippen LogP contribution in [0.4, 0.5) is 0 Å². The molecule has 0 aliphatic heterocycles. The van der Waals surface area contributed by atoms with E-state index in [1.807, 2.05) is 6.92 Å². The monoisotopic (exact) mass is 149 g/mol. The average molecular weight is 149 g/mol. The van der Waals surface area contributed by atoms with Crippen LogP contribution in [-0.2, 0) is 0 Å². The smallest absolute Gasteiger partial charge is 0.216 e. The second-order valence-electron chi connectivity index (χ2n) is 2.18. The van der Waals surface area contributed by atoms with Gasteiger partial charge in [0.1, 0.15) is 5.82 Å². The summed E-state index contributed by atoms with van der Waals surface area (Å²) in [6.45, 7) is 1.85. The number of aromatic nitrogens is 5. The van der Waals surface area contributed by atoms with E-state index in [1.54, 1.807) is 12.4 Å². The van der Waals surface area contributed by atoms with E-state index in [4.69, 9.17) is 0 Å². The van der Waals surface area contributed by atoms with Gasteiger partial charge in [0.15, 0.2) is 5.82 Å². The van der Waals surface area contributed by atoms with Crippen LogP contribution in [0.2, 0.25) is 0 Å². The lowest BCUT2D eigenvalue weighted by Crippen LogP contribution is -1.82. The number of aromatic amines is 2. The molecule has 0 atom stereocenters. The molecule has 0 unspecified atom stereocenters. The fraction of sp³-hybridized carbons (Fsp3) is 0.167. The van der Waals surface area contributed by atoms with Gasteiger partial charge in [0.2, 0.25) is 5.82 Å². The van der Waals surface area contributed by atoms with Crippen molar-refractivity contribution in [1.29, 1.82) is 0 Å². The molecule has 0 saturated carbocycles. The van der Waals surface area contributed by atoms with Crippen LogP contribution >= 0.6 is 0 Å². The molecule has 0 fully saturated rings. The van der Waals surface area contributed by atoms with Gasteiger partial charge in [-0.3, -0.25) is 5.10 Å². The number of aryl methyl sites for hydroxylation is 1. The van der Waals surface area contributed by atoms with Gasteiger partial charge in [-0.15, -0.1) is 0 Å². The molecule has 0 bridgehead atoms. The predicted molar refractivity (Wildman–Crippen MR) is 38.7 cm³/mol. The van der Waals surface area contributed by atoms with Crippen molar-refractivity contribution in [3.8, 4) is 11.6 Å². The van der Waals surface area contributed by atoms with Crippen molar-refractivity contribution in [2.45, 2.75) is 6.92 Å². The van der Waals surface area contributed by atoms with E-state index >= 15 is 0 Å². The van der Waals surface area contributed by atoms with Crippen LogP contribution in [0.1, 0.15) is 5.82 Å². The summed E-state index contributed by atoms with van der Waals surface area (Å²) in [6, 6.07) is 0. The summed E-state index contributed by atoms with van der Waals surface area (Å²) in [4.78, 5) is 11.0. The molecule has 11 heavy (non-hydrogen) atoms. The number of nitrogens with one attached hydrogen (secondary N) is 2. The molecule has 56 valence electrons. The highest BCUT2D eigenvalue weighted by Gasteiger charge is 2.03. The highest BCUT2D eigenvalue weighted by atomic mass is 15.2. The number of rotatable bonds is 1. The summed E-state index contributed by atoms with van der Waals surface area (Å²) in [5, 5.41) is 6.66. The largest absolute Gasteiger partial charge is 0.342 e. The maximum atomic E-state index is 4.09. The summed E-state index contributed by atoms with van der Waals surface area (Å²) in [5.74, 6) is 2.08. The van der Waals surface area contributed by atoms with E-state index in [0.717, 1.165) is 5.82 Å². The molecule has 2 heterocycles. The zero-order chi connectivity index (χ0) is 7.68. The fourth-order valence-corrected chi connectivity index (χ4v) is 0.836. The Hall–Kier alpha value is -1.65. The minimum Gasteiger partial charge on any atom is -0.342 e. The molecule has 0 aromatic carbocycles. The van der Waals surface area contributed by atoms with Gasteiger partial charge < -0.3 is 4.98 Å². The Balaban J connectivity index is 2.45. The van der Waals surface area contributed by atoms with E-state index in [-0.39, 0.29) is 0 Å². The number of hydrogen-bond acceptors (Lipinski definition) is 3. The standard InChI is InChI=1S/C6H7N5/c1-4-9-6(11-10-4)5-7-2-3-8-5/h2-3H,1H3,(H,7,8)(H,9,10,11). The van der Waals surface area contributed by atoms with Gasteiger partial charge in [-0.2, -0.15) is 5.10 Å². The van der Waals surface area contributed by atoms with Gasteiger partial charge in [-0.05, 0) is 6.92 Å². The van der Waals surface area contributed by atoms with Gasteiger partial charge in [-0.1, -0.05) is 0 Å². The molecule has 0 radical (unpaired) electrons. The Morgan fingerprint density at radius 3 is 2.91 bits per heavy atom. The number of H-pyrrole nitrogens is 2. The second kappa shape index (κ2) is 2.19. The molecule has 5 nitrogen and oxygen atoms in total. The molecular formula is C6H7N5. The SMILES string of the molecule is Cc1nc(-c2ncc[nH]2)n[nH]1. The topological polar surface area (TPSA) is 70.2 Å². The van der Waals surface area contributed by atoms with Gasteiger partial charge in [0.05, 0.1) is 0 Å². The molecule has 2 aromatic heterocycles. The summed E-state index contributed by atoms with van der Waals surface area (Å²) in [5.41, 5.74) is 0. The van der Waals surface area contributed by atoms with Crippen LogP contribution in [0, 0.1) is 6.92 Å². The molecule has 5 heteroatoms. The third kappa shape index (κ3) is 1.000. The zero-order valence-corrected chi connectivity index (χ0v) is 6.00. The van der Waals surface area contributed by atoms with E-state index in [0.29, 0.717) is 11.6 Å². The third-order valence-electron chi connectivity index (χ3n) is 1.31. The Kier molecular flexibility index (Phi) is 1.21. The number of nitrogens with zero attached hydrogens (tertiary/aromatic N) is 3. The molecule has 0 saturated heterocycles. The predicted octanol–water partition coefficient (Wildman–Crippen LogP) is 0.503. The zero-order valence-electron chi connectivity index (χ0n) is 6.00. The van der Waals surface area contributed by atoms with Crippen LogP contribution in [0.15, 0.2) is 12.4 Å². The average Bonchev–Trinajstić information content (AvgIpc) is 2.55. The van der Waals surface area contributed by atoms with Crippen LogP contribution < -0.4 is 0 Å². The van der Waals surface area contributed by atoms with Crippen molar-refractivity contribution in [2.24, 2.45) is 0 Å². The van der Waals surface area contributed by atoms with E-state index in [9.17, 15) is 0 Å². The van der Waals surface area contributed by atoms with Crippen LogP contribution in [-0.4, -0.2) is 25.1 Å². The lowest BCUT2D eigenvalue weighted by atomic mass is 10.6.